The molecule has 3 rings (SSSR count). The van der Waals surface area contributed by atoms with Crippen molar-refractivity contribution in [1.29, 1.82) is 0 Å². The smallest absolute Gasteiger partial charge is 0.311 e. The lowest BCUT2D eigenvalue weighted by molar-refractivity contribution is -0.151. The van der Waals surface area contributed by atoms with Crippen LogP contribution in [0.5, 0.6) is 0 Å². The number of carbonyl (C=O) groups excluding carboxylic acids is 3. The van der Waals surface area contributed by atoms with Crippen LogP contribution in [0.25, 0.3) is 0 Å². The first-order valence-electron chi connectivity index (χ1n) is 8.93. The van der Waals surface area contributed by atoms with Crippen molar-refractivity contribution in [3.8, 4) is 0 Å². The lowest BCUT2D eigenvalue weighted by Crippen LogP contribution is -2.28. The third-order valence-corrected chi connectivity index (χ3v) is 4.85. The van der Waals surface area contributed by atoms with Gasteiger partial charge in [-0.1, -0.05) is 29.3 Å². The molecule has 0 unspecified atom stereocenters. The predicted octanol–water partition coefficient (Wildman–Crippen LogP) is 3.49. The highest BCUT2D eigenvalue weighted by molar-refractivity contribution is 6.30. The van der Waals surface area contributed by atoms with Gasteiger partial charge < -0.3 is 15.0 Å². The van der Waals surface area contributed by atoms with Crippen molar-refractivity contribution in [1.82, 2.24) is 0 Å². The first-order valence-corrected chi connectivity index (χ1v) is 9.31. The molecule has 7 heteroatoms. The third kappa shape index (κ3) is 4.70. The highest BCUT2D eigenvalue weighted by Gasteiger charge is 2.36. The van der Waals surface area contributed by atoms with Crippen molar-refractivity contribution in [2.24, 2.45) is 5.92 Å². The standard InChI is InChI=1S/C21H21ClN2O4/c1-13-3-8-18(14(2)9-13)23-19(25)12-28-21(27)15-10-20(26)24(11-15)17-6-4-16(22)5-7-17/h3-9,15H,10-12H2,1-2H3,(H,23,25)/t15-/m1/s1. The second-order valence-corrected chi connectivity index (χ2v) is 7.29. The fraction of sp³-hybridized carbons (Fsp3) is 0.286. The van der Waals surface area contributed by atoms with Crippen LogP contribution >= 0.6 is 11.6 Å². The Morgan fingerprint density at radius 3 is 2.57 bits per heavy atom. The van der Waals surface area contributed by atoms with Crippen LogP contribution in [-0.4, -0.2) is 30.9 Å². The predicted molar refractivity (Wildman–Crippen MR) is 107 cm³/mol. The van der Waals surface area contributed by atoms with Gasteiger partial charge in [0.05, 0.1) is 5.92 Å². The highest BCUT2D eigenvalue weighted by Crippen LogP contribution is 2.27. The molecule has 1 heterocycles. The molecule has 2 aromatic rings. The SMILES string of the molecule is Cc1ccc(NC(=O)COC(=O)[C@@H]2CC(=O)N(c3ccc(Cl)cc3)C2)c(C)c1. The summed E-state index contributed by atoms with van der Waals surface area (Å²) in [4.78, 5) is 38.1. The van der Waals surface area contributed by atoms with Gasteiger partial charge in [0.15, 0.2) is 6.61 Å². The zero-order valence-electron chi connectivity index (χ0n) is 15.7. The number of rotatable bonds is 5. The van der Waals surface area contributed by atoms with Crippen molar-refractivity contribution < 1.29 is 19.1 Å². The molecule has 1 saturated heterocycles. The summed E-state index contributed by atoms with van der Waals surface area (Å²) in [5.74, 6) is -1.74. The number of hydrogen-bond donors (Lipinski definition) is 1. The molecule has 1 aliphatic heterocycles. The zero-order chi connectivity index (χ0) is 20.3. The van der Waals surface area contributed by atoms with Gasteiger partial charge in [0, 0.05) is 29.4 Å². The lowest BCUT2D eigenvalue weighted by Gasteiger charge is -2.16. The number of amides is 2. The topological polar surface area (TPSA) is 75.7 Å². The van der Waals surface area contributed by atoms with Gasteiger partial charge in [0.1, 0.15) is 0 Å². The van der Waals surface area contributed by atoms with Crippen molar-refractivity contribution in [2.45, 2.75) is 20.3 Å². The maximum absolute atomic E-state index is 12.3. The maximum Gasteiger partial charge on any atom is 0.311 e. The molecular formula is C21H21ClN2O4. The second-order valence-electron chi connectivity index (χ2n) is 6.86. The Kier molecular flexibility index (Phi) is 5.99. The number of anilines is 2. The number of aryl methyl sites for hydroxylation is 2. The Bertz CT molecular complexity index is 911. The van der Waals surface area contributed by atoms with E-state index in [1.54, 1.807) is 24.3 Å². The second kappa shape index (κ2) is 8.44. The molecule has 146 valence electrons. The summed E-state index contributed by atoms with van der Waals surface area (Å²) in [5, 5.41) is 3.30. The van der Waals surface area contributed by atoms with E-state index in [1.807, 2.05) is 32.0 Å². The molecule has 0 radical (unpaired) electrons. The van der Waals surface area contributed by atoms with E-state index < -0.39 is 24.4 Å². The number of esters is 1. The van der Waals surface area contributed by atoms with Gasteiger partial charge in [-0.2, -0.15) is 0 Å². The van der Waals surface area contributed by atoms with E-state index in [4.69, 9.17) is 16.3 Å². The monoisotopic (exact) mass is 400 g/mol. The summed E-state index contributed by atoms with van der Waals surface area (Å²) in [6, 6.07) is 12.5. The van der Waals surface area contributed by atoms with E-state index in [0.717, 1.165) is 11.1 Å². The molecule has 2 amide bonds. The lowest BCUT2D eigenvalue weighted by atomic mass is 10.1. The highest BCUT2D eigenvalue weighted by atomic mass is 35.5. The van der Waals surface area contributed by atoms with Gasteiger partial charge in [-0.15, -0.1) is 0 Å². The largest absolute Gasteiger partial charge is 0.455 e. The Hall–Kier alpha value is -2.86. The fourth-order valence-corrected chi connectivity index (χ4v) is 3.26. The van der Waals surface area contributed by atoms with Gasteiger partial charge in [0.2, 0.25) is 5.91 Å². The van der Waals surface area contributed by atoms with Gasteiger partial charge in [-0.3, -0.25) is 14.4 Å². The molecule has 0 saturated carbocycles. The Morgan fingerprint density at radius 2 is 1.89 bits per heavy atom. The summed E-state index contributed by atoms with van der Waals surface area (Å²) in [7, 11) is 0. The van der Waals surface area contributed by atoms with E-state index in [-0.39, 0.29) is 18.9 Å². The minimum atomic E-state index is -0.600. The summed E-state index contributed by atoms with van der Waals surface area (Å²) < 4.78 is 5.12. The molecule has 0 spiro atoms. The Labute approximate surface area is 168 Å². The number of nitrogens with zero attached hydrogens (tertiary/aromatic N) is 1. The van der Waals surface area contributed by atoms with Crippen LogP contribution in [0.3, 0.4) is 0 Å². The van der Waals surface area contributed by atoms with E-state index >= 15 is 0 Å². The quantitative estimate of drug-likeness (QED) is 0.779. The molecule has 0 bridgehead atoms. The average molecular weight is 401 g/mol. The molecular weight excluding hydrogens is 380 g/mol. The van der Waals surface area contributed by atoms with Gasteiger partial charge in [0.25, 0.3) is 5.91 Å². The zero-order valence-corrected chi connectivity index (χ0v) is 16.5. The number of nitrogens with one attached hydrogen (secondary N) is 1. The fourth-order valence-electron chi connectivity index (χ4n) is 3.13. The molecule has 0 aliphatic carbocycles. The number of ether oxygens (including phenoxy) is 1. The number of benzene rings is 2. The average Bonchev–Trinajstić information content (AvgIpc) is 3.04. The van der Waals surface area contributed by atoms with E-state index in [9.17, 15) is 14.4 Å². The molecule has 28 heavy (non-hydrogen) atoms. The molecule has 6 nitrogen and oxygen atoms in total. The first kappa shape index (κ1) is 19.9. The van der Waals surface area contributed by atoms with Crippen LogP contribution in [0.2, 0.25) is 5.02 Å². The van der Waals surface area contributed by atoms with Crippen LogP contribution < -0.4 is 10.2 Å². The molecule has 1 atom stereocenters. The van der Waals surface area contributed by atoms with Crippen LogP contribution in [0, 0.1) is 19.8 Å². The molecule has 1 fully saturated rings. The van der Waals surface area contributed by atoms with E-state index in [1.165, 1.54) is 4.90 Å². The Balaban J connectivity index is 1.53. The van der Waals surface area contributed by atoms with E-state index in [0.29, 0.717) is 16.4 Å². The molecule has 1 aliphatic rings. The normalized spacial score (nSPS) is 16.2. The van der Waals surface area contributed by atoms with Gasteiger partial charge >= 0.3 is 5.97 Å². The summed E-state index contributed by atoms with van der Waals surface area (Å²) in [6.07, 6.45) is 0.0557. The van der Waals surface area contributed by atoms with E-state index in [2.05, 4.69) is 5.32 Å². The Morgan fingerprint density at radius 1 is 1.18 bits per heavy atom. The number of halogens is 1. The number of carbonyl (C=O) groups is 3. The third-order valence-electron chi connectivity index (χ3n) is 4.60. The van der Waals surface area contributed by atoms with Crippen LogP contribution in [-0.2, 0) is 19.1 Å². The minimum absolute atomic E-state index is 0.0557. The van der Waals surface area contributed by atoms with Crippen molar-refractivity contribution in [2.75, 3.05) is 23.4 Å². The molecule has 1 N–H and O–H groups in total. The molecule has 0 aromatic heterocycles. The summed E-state index contributed by atoms with van der Waals surface area (Å²) >= 11 is 5.86. The number of hydrogen-bond acceptors (Lipinski definition) is 4. The van der Waals surface area contributed by atoms with Gasteiger partial charge in [-0.25, -0.2) is 0 Å². The van der Waals surface area contributed by atoms with Crippen molar-refractivity contribution in [3.63, 3.8) is 0 Å². The van der Waals surface area contributed by atoms with Crippen molar-refractivity contribution >= 4 is 40.8 Å². The maximum atomic E-state index is 12.3. The first-order chi connectivity index (χ1) is 13.3. The minimum Gasteiger partial charge on any atom is -0.455 e. The van der Waals surface area contributed by atoms with Crippen LogP contribution in [0.4, 0.5) is 11.4 Å². The van der Waals surface area contributed by atoms with Crippen molar-refractivity contribution in [3.05, 3.63) is 58.6 Å². The summed E-state index contributed by atoms with van der Waals surface area (Å²) in [6.45, 7) is 3.69. The van der Waals surface area contributed by atoms with Crippen LogP contribution in [0.1, 0.15) is 17.5 Å². The van der Waals surface area contributed by atoms with Gasteiger partial charge in [-0.05, 0) is 49.7 Å². The summed E-state index contributed by atoms with van der Waals surface area (Å²) in [5.41, 5.74) is 3.38. The van der Waals surface area contributed by atoms with Crippen LogP contribution in [0.15, 0.2) is 42.5 Å². The molecule has 2 aromatic carbocycles.